The number of anilines is 2. The number of nitrogens with zero attached hydrogens (tertiary/aromatic N) is 2. The lowest BCUT2D eigenvalue weighted by molar-refractivity contribution is -0.123. The molecule has 1 aromatic heterocycles. The first-order valence-corrected chi connectivity index (χ1v) is 12.9. The van der Waals surface area contributed by atoms with Gasteiger partial charge in [0.1, 0.15) is 10.9 Å². The standard InChI is InChI=1S/C27H31N5O4S/c1-15-6-9-18(10-7-15)23(26(34)30-14-19-5-4-12-36-19)32(20-11-8-16(2)13-17(20)3)27(35)24-21(28)22(25(29)33)31-37-24/h6-11,13,19,23H,4-5,12,14,28H2,1-3H3,(H2,29,33)(H,30,34)/t19-,23+/m0/s1. The minimum atomic E-state index is -1.02. The molecule has 3 aromatic rings. The van der Waals surface area contributed by atoms with Crippen LogP contribution in [0.25, 0.3) is 0 Å². The van der Waals surface area contributed by atoms with Crippen LogP contribution in [-0.4, -0.2) is 41.4 Å². The van der Waals surface area contributed by atoms with Crippen LogP contribution in [0.3, 0.4) is 0 Å². The molecule has 194 valence electrons. The maximum Gasteiger partial charge on any atom is 0.273 e. The Kier molecular flexibility index (Phi) is 7.89. The highest BCUT2D eigenvalue weighted by atomic mass is 32.1. The van der Waals surface area contributed by atoms with Gasteiger partial charge >= 0.3 is 0 Å². The van der Waals surface area contributed by atoms with Crippen molar-refractivity contribution in [3.63, 3.8) is 0 Å². The van der Waals surface area contributed by atoms with E-state index in [1.54, 1.807) is 0 Å². The largest absolute Gasteiger partial charge is 0.395 e. The predicted octanol–water partition coefficient (Wildman–Crippen LogP) is 3.43. The van der Waals surface area contributed by atoms with Gasteiger partial charge in [0, 0.05) is 18.8 Å². The smallest absolute Gasteiger partial charge is 0.273 e. The number of nitrogens with two attached hydrogens (primary N) is 2. The number of nitrogen functional groups attached to an aromatic ring is 1. The number of carbonyl (C=O) groups excluding carboxylic acids is 3. The lowest BCUT2D eigenvalue weighted by Gasteiger charge is -2.32. The van der Waals surface area contributed by atoms with Gasteiger partial charge in [0.2, 0.25) is 5.91 Å². The van der Waals surface area contributed by atoms with Gasteiger partial charge in [0.05, 0.1) is 11.8 Å². The first-order chi connectivity index (χ1) is 17.7. The van der Waals surface area contributed by atoms with Gasteiger partial charge in [-0.15, -0.1) is 0 Å². The molecule has 3 amide bonds. The summed E-state index contributed by atoms with van der Waals surface area (Å²) in [7, 11) is 0. The second-order valence-electron chi connectivity index (χ2n) is 9.30. The van der Waals surface area contributed by atoms with Crippen molar-refractivity contribution in [2.45, 2.75) is 45.8 Å². The van der Waals surface area contributed by atoms with E-state index >= 15 is 0 Å². The zero-order valence-electron chi connectivity index (χ0n) is 21.1. The lowest BCUT2D eigenvalue weighted by atomic mass is 9.99. The Morgan fingerprint density at radius 3 is 2.43 bits per heavy atom. The molecule has 37 heavy (non-hydrogen) atoms. The van der Waals surface area contributed by atoms with E-state index in [0.29, 0.717) is 24.4 Å². The average molecular weight is 522 g/mol. The van der Waals surface area contributed by atoms with Gasteiger partial charge in [-0.05, 0) is 62.3 Å². The van der Waals surface area contributed by atoms with Crippen LogP contribution in [0.2, 0.25) is 0 Å². The Balaban J connectivity index is 1.84. The third-order valence-corrected chi connectivity index (χ3v) is 7.26. The molecular formula is C27H31N5O4S. The highest BCUT2D eigenvalue weighted by Gasteiger charge is 2.37. The molecule has 1 fully saturated rings. The fourth-order valence-electron chi connectivity index (χ4n) is 4.46. The van der Waals surface area contributed by atoms with E-state index < -0.39 is 17.9 Å². The summed E-state index contributed by atoms with van der Waals surface area (Å²) in [4.78, 5) is 41.2. The van der Waals surface area contributed by atoms with E-state index in [9.17, 15) is 14.4 Å². The molecule has 0 aliphatic carbocycles. The van der Waals surface area contributed by atoms with Crippen molar-refractivity contribution in [1.29, 1.82) is 0 Å². The number of amides is 3. The molecule has 10 heteroatoms. The number of nitrogens with one attached hydrogen (secondary N) is 1. The number of primary amides is 1. The molecule has 2 aromatic carbocycles. The maximum atomic E-state index is 14.1. The Bertz CT molecular complexity index is 1310. The van der Waals surface area contributed by atoms with Gasteiger partial charge in [0.15, 0.2) is 5.69 Å². The van der Waals surface area contributed by atoms with Crippen molar-refractivity contribution in [3.05, 3.63) is 75.3 Å². The van der Waals surface area contributed by atoms with Gasteiger partial charge in [-0.3, -0.25) is 19.3 Å². The van der Waals surface area contributed by atoms with Gasteiger partial charge in [-0.2, -0.15) is 4.37 Å². The van der Waals surface area contributed by atoms with Crippen LogP contribution in [0.4, 0.5) is 11.4 Å². The minimum absolute atomic E-state index is 0.0396. The van der Waals surface area contributed by atoms with E-state index in [-0.39, 0.29) is 28.3 Å². The van der Waals surface area contributed by atoms with Crippen molar-refractivity contribution in [1.82, 2.24) is 9.69 Å². The summed E-state index contributed by atoms with van der Waals surface area (Å²) >= 11 is 0.786. The third-order valence-electron chi connectivity index (χ3n) is 6.41. The van der Waals surface area contributed by atoms with Crippen LogP contribution in [0.1, 0.15) is 61.3 Å². The Morgan fingerprint density at radius 2 is 1.84 bits per heavy atom. The average Bonchev–Trinajstić information content (AvgIpc) is 3.52. The van der Waals surface area contributed by atoms with Crippen LogP contribution in [-0.2, 0) is 9.53 Å². The quantitative estimate of drug-likeness (QED) is 0.415. The normalized spacial score (nSPS) is 15.8. The molecule has 9 nitrogen and oxygen atoms in total. The van der Waals surface area contributed by atoms with Crippen molar-refractivity contribution in [3.8, 4) is 0 Å². The van der Waals surface area contributed by atoms with E-state index in [1.807, 2.05) is 63.2 Å². The molecule has 0 spiro atoms. The number of benzene rings is 2. The van der Waals surface area contributed by atoms with E-state index in [0.717, 1.165) is 41.1 Å². The van der Waals surface area contributed by atoms with Gasteiger partial charge in [-0.25, -0.2) is 0 Å². The summed E-state index contributed by atoms with van der Waals surface area (Å²) in [5.74, 6) is -1.73. The summed E-state index contributed by atoms with van der Waals surface area (Å²) in [6.07, 6.45) is 1.74. The highest BCUT2D eigenvalue weighted by Crippen LogP contribution is 2.35. The van der Waals surface area contributed by atoms with E-state index in [4.69, 9.17) is 16.2 Å². The number of aryl methyl sites for hydroxylation is 3. The third kappa shape index (κ3) is 5.65. The summed E-state index contributed by atoms with van der Waals surface area (Å²) in [6.45, 7) is 6.79. The molecule has 0 saturated carbocycles. The molecular weight excluding hydrogens is 490 g/mol. The number of hydrogen-bond acceptors (Lipinski definition) is 7. The Hall–Kier alpha value is -3.76. The van der Waals surface area contributed by atoms with Crippen molar-refractivity contribution < 1.29 is 19.1 Å². The number of aromatic nitrogens is 1. The van der Waals surface area contributed by atoms with Crippen LogP contribution in [0, 0.1) is 20.8 Å². The minimum Gasteiger partial charge on any atom is -0.395 e. The fourth-order valence-corrected chi connectivity index (χ4v) is 5.21. The Labute approximate surface area is 220 Å². The first kappa shape index (κ1) is 26.3. The molecule has 2 heterocycles. The molecule has 0 radical (unpaired) electrons. The molecule has 0 unspecified atom stereocenters. The van der Waals surface area contributed by atoms with Crippen molar-refractivity contribution in [2.24, 2.45) is 5.73 Å². The Morgan fingerprint density at radius 1 is 1.14 bits per heavy atom. The highest BCUT2D eigenvalue weighted by molar-refractivity contribution is 7.09. The first-order valence-electron chi connectivity index (χ1n) is 12.1. The van der Waals surface area contributed by atoms with E-state index in [2.05, 4.69) is 9.69 Å². The predicted molar refractivity (Wildman–Crippen MR) is 144 cm³/mol. The number of ether oxygens (including phenoxy) is 1. The zero-order chi connectivity index (χ0) is 26.7. The molecule has 2 atom stereocenters. The van der Waals surface area contributed by atoms with Crippen LogP contribution < -0.4 is 21.7 Å². The zero-order valence-corrected chi connectivity index (χ0v) is 21.9. The number of carbonyl (C=O) groups is 3. The van der Waals surface area contributed by atoms with Gasteiger partial charge < -0.3 is 21.5 Å². The van der Waals surface area contributed by atoms with Crippen LogP contribution >= 0.6 is 11.5 Å². The second-order valence-corrected chi connectivity index (χ2v) is 10.1. The molecule has 1 aliphatic heterocycles. The van der Waals surface area contributed by atoms with Crippen molar-refractivity contribution in [2.75, 3.05) is 23.8 Å². The molecule has 4 rings (SSSR count). The molecule has 5 N–H and O–H groups in total. The van der Waals surface area contributed by atoms with Gasteiger partial charge in [-0.1, -0.05) is 47.5 Å². The summed E-state index contributed by atoms with van der Waals surface area (Å²) < 4.78 is 9.68. The van der Waals surface area contributed by atoms with Crippen molar-refractivity contribution >= 4 is 40.6 Å². The molecule has 1 aliphatic rings. The summed E-state index contributed by atoms with van der Waals surface area (Å²) in [5, 5.41) is 2.99. The maximum absolute atomic E-state index is 14.1. The molecule has 0 bridgehead atoms. The molecule has 1 saturated heterocycles. The summed E-state index contributed by atoms with van der Waals surface area (Å²) in [6, 6.07) is 12.1. The monoisotopic (exact) mass is 521 g/mol. The fraction of sp³-hybridized carbons (Fsp3) is 0.333. The topological polar surface area (TPSA) is 141 Å². The second kappa shape index (κ2) is 11.1. The van der Waals surface area contributed by atoms with Crippen LogP contribution in [0.5, 0.6) is 0 Å². The summed E-state index contributed by atoms with van der Waals surface area (Å²) in [5.41, 5.74) is 15.3. The number of rotatable bonds is 8. The van der Waals surface area contributed by atoms with E-state index in [1.165, 1.54) is 4.90 Å². The van der Waals surface area contributed by atoms with Crippen LogP contribution in [0.15, 0.2) is 42.5 Å². The lowest BCUT2D eigenvalue weighted by Crippen LogP contribution is -2.46. The van der Waals surface area contributed by atoms with Gasteiger partial charge in [0.25, 0.3) is 11.8 Å². The SMILES string of the molecule is Cc1ccc([C@H](C(=O)NC[C@@H]2CCCO2)N(C(=O)c2snc(C(N)=O)c2N)c2ccc(C)cc2C)cc1. The number of hydrogen-bond donors (Lipinski definition) is 3.